The molecule has 0 bridgehead atoms. The van der Waals surface area contributed by atoms with Crippen LogP contribution in [0.3, 0.4) is 0 Å². The minimum atomic E-state index is 0.738. The number of nitrogens with two attached hydrogens (primary N) is 1. The number of nitrogens with zero attached hydrogens (tertiary/aromatic N) is 3. The van der Waals surface area contributed by atoms with E-state index in [1.54, 1.807) is 0 Å². The Balaban J connectivity index is 1.55. The van der Waals surface area contributed by atoms with Crippen LogP contribution in [0.5, 0.6) is 0 Å². The fourth-order valence-electron chi connectivity index (χ4n) is 3.35. The molecule has 3 aromatic rings. The number of para-hydroxylation sites is 2. The van der Waals surface area contributed by atoms with Crippen molar-refractivity contribution in [1.29, 1.82) is 0 Å². The molecule has 0 radical (unpaired) electrons. The van der Waals surface area contributed by atoms with E-state index in [9.17, 15) is 0 Å². The SMILES string of the molecule is NCCN1CCN(c2cccc(-c3nc4ccccc4[nH]3)c2)CC1. The molecule has 0 amide bonds. The molecule has 1 aliphatic rings. The summed E-state index contributed by atoms with van der Waals surface area (Å²) < 4.78 is 0. The van der Waals surface area contributed by atoms with Crippen LogP contribution in [0.25, 0.3) is 22.4 Å². The van der Waals surface area contributed by atoms with Crippen molar-refractivity contribution in [2.75, 3.05) is 44.2 Å². The van der Waals surface area contributed by atoms with Gasteiger partial charge in [0.05, 0.1) is 11.0 Å². The van der Waals surface area contributed by atoms with Crippen LogP contribution in [-0.4, -0.2) is 54.1 Å². The number of piperazine rings is 1. The van der Waals surface area contributed by atoms with Gasteiger partial charge in [0.2, 0.25) is 0 Å². The smallest absolute Gasteiger partial charge is 0.138 e. The molecule has 0 atom stereocenters. The summed E-state index contributed by atoms with van der Waals surface area (Å²) in [6.45, 7) is 5.97. The van der Waals surface area contributed by atoms with E-state index >= 15 is 0 Å². The van der Waals surface area contributed by atoms with Crippen LogP contribution in [0.4, 0.5) is 5.69 Å². The number of anilines is 1. The number of rotatable bonds is 4. The van der Waals surface area contributed by atoms with Gasteiger partial charge in [-0.15, -0.1) is 0 Å². The fourth-order valence-corrected chi connectivity index (χ4v) is 3.35. The number of imidazole rings is 1. The van der Waals surface area contributed by atoms with Crippen LogP contribution in [0.1, 0.15) is 0 Å². The molecule has 124 valence electrons. The van der Waals surface area contributed by atoms with Gasteiger partial charge in [-0.1, -0.05) is 24.3 Å². The highest BCUT2D eigenvalue weighted by Gasteiger charge is 2.17. The van der Waals surface area contributed by atoms with E-state index < -0.39 is 0 Å². The van der Waals surface area contributed by atoms with E-state index in [1.807, 2.05) is 18.2 Å². The summed E-state index contributed by atoms with van der Waals surface area (Å²) in [4.78, 5) is 13.0. The molecule has 0 aliphatic carbocycles. The third kappa shape index (κ3) is 3.00. The topological polar surface area (TPSA) is 61.2 Å². The molecule has 1 aromatic heterocycles. The van der Waals surface area contributed by atoms with Gasteiger partial charge in [-0.3, -0.25) is 4.90 Å². The lowest BCUT2D eigenvalue weighted by molar-refractivity contribution is 0.265. The number of aromatic nitrogens is 2. The lowest BCUT2D eigenvalue weighted by atomic mass is 10.1. The molecule has 2 heterocycles. The zero-order chi connectivity index (χ0) is 16.4. The zero-order valence-electron chi connectivity index (χ0n) is 13.8. The maximum absolute atomic E-state index is 5.66. The molecule has 3 N–H and O–H groups in total. The first-order valence-electron chi connectivity index (χ1n) is 8.56. The molecule has 1 aliphatic heterocycles. The summed E-state index contributed by atoms with van der Waals surface area (Å²) in [6, 6.07) is 16.8. The summed E-state index contributed by atoms with van der Waals surface area (Å²) in [5, 5.41) is 0. The Kier molecular flexibility index (Phi) is 4.19. The van der Waals surface area contributed by atoms with Crippen LogP contribution in [0, 0.1) is 0 Å². The van der Waals surface area contributed by atoms with E-state index in [0.717, 1.165) is 61.7 Å². The number of nitrogens with one attached hydrogen (secondary N) is 1. The van der Waals surface area contributed by atoms with Gasteiger partial charge >= 0.3 is 0 Å². The number of H-pyrrole nitrogens is 1. The summed E-state index contributed by atoms with van der Waals surface area (Å²) in [5.74, 6) is 0.930. The number of hydrogen-bond donors (Lipinski definition) is 2. The summed E-state index contributed by atoms with van der Waals surface area (Å²) in [6.07, 6.45) is 0. The minimum Gasteiger partial charge on any atom is -0.369 e. The Morgan fingerprint density at radius 3 is 2.62 bits per heavy atom. The van der Waals surface area contributed by atoms with Gasteiger partial charge in [-0.05, 0) is 24.3 Å². The zero-order valence-corrected chi connectivity index (χ0v) is 13.8. The Morgan fingerprint density at radius 1 is 1.00 bits per heavy atom. The average molecular weight is 321 g/mol. The van der Waals surface area contributed by atoms with Gasteiger partial charge in [0.25, 0.3) is 0 Å². The standard InChI is InChI=1S/C19H23N5/c20-8-9-23-10-12-24(13-11-23)16-5-3-4-15(14-16)19-21-17-6-1-2-7-18(17)22-19/h1-7,14H,8-13,20H2,(H,21,22). The summed E-state index contributed by atoms with van der Waals surface area (Å²) in [7, 11) is 0. The van der Waals surface area contributed by atoms with Crippen LogP contribution in [-0.2, 0) is 0 Å². The van der Waals surface area contributed by atoms with Gasteiger partial charge in [0.15, 0.2) is 0 Å². The molecule has 1 fully saturated rings. The van der Waals surface area contributed by atoms with Gasteiger partial charge in [0.1, 0.15) is 5.82 Å². The van der Waals surface area contributed by atoms with E-state index in [4.69, 9.17) is 10.7 Å². The van der Waals surface area contributed by atoms with Crippen molar-refractivity contribution < 1.29 is 0 Å². The van der Waals surface area contributed by atoms with Gasteiger partial charge < -0.3 is 15.6 Å². The third-order valence-corrected chi connectivity index (χ3v) is 4.69. The predicted octanol–water partition coefficient (Wildman–Crippen LogP) is 2.31. The number of aromatic amines is 1. The molecule has 1 saturated heterocycles. The summed E-state index contributed by atoms with van der Waals surface area (Å²) >= 11 is 0. The van der Waals surface area contributed by atoms with Crippen molar-refractivity contribution in [3.05, 3.63) is 48.5 Å². The molecule has 5 heteroatoms. The van der Waals surface area contributed by atoms with Gasteiger partial charge in [0, 0.05) is 50.5 Å². The van der Waals surface area contributed by atoms with E-state index in [1.165, 1.54) is 5.69 Å². The van der Waals surface area contributed by atoms with E-state index in [0.29, 0.717) is 0 Å². The predicted molar refractivity (Wildman–Crippen MR) is 99.2 cm³/mol. The highest BCUT2D eigenvalue weighted by molar-refractivity contribution is 5.79. The molecule has 0 unspecified atom stereocenters. The lowest BCUT2D eigenvalue weighted by Gasteiger charge is -2.36. The van der Waals surface area contributed by atoms with Crippen molar-refractivity contribution in [2.24, 2.45) is 5.73 Å². The van der Waals surface area contributed by atoms with Crippen LogP contribution < -0.4 is 10.6 Å². The minimum absolute atomic E-state index is 0.738. The molecule has 2 aromatic carbocycles. The second kappa shape index (κ2) is 6.63. The Hall–Kier alpha value is -2.37. The Morgan fingerprint density at radius 2 is 1.83 bits per heavy atom. The van der Waals surface area contributed by atoms with Crippen molar-refractivity contribution >= 4 is 16.7 Å². The first kappa shape index (κ1) is 15.2. The highest BCUT2D eigenvalue weighted by Crippen LogP contribution is 2.25. The van der Waals surface area contributed by atoms with Crippen LogP contribution >= 0.6 is 0 Å². The summed E-state index contributed by atoms with van der Waals surface area (Å²) in [5.41, 5.74) is 10.1. The molecule has 5 nitrogen and oxygen atoms in total. The second-order valence-corrected chi connectivity index (χ2v) is 6.27. The van der Waals surface area contributed by atoms with E-state index in [2.05, 4.69) is 45.1 Å². The van der Waals surface area contributed by atoms with Crippen molar-refractivity contribution in [3.8, 4) is 11.4 Å². The second-order valence-electron chi connectivity index (χ2n) is 6.27. The first-order chi connectivity index (χ1) is 11.8. The van der Waals surface area contributed by atoms with E-state index in [-0.39, 0.29) is 0 Å². The van der Waals surface area contributed by atoms with Crippen LogP contribution in [0.15, 0.2) is 48.5 Å². The average Bonchev–Trinajstić information content (AvgIpc) is 3.07. The molecular weight excluding hydrogens is 298 g/mol. The largest absolute Gasteiger partial charge is 0.369 e. The monoisotopic (exact) mass is 321 g/mol. The molecule has 0 saturated carbocycles. The number of benzene rings is 2. The van der Waals surface area contributed by atoms with Crippen molar-refractivity contribution in [2.45, 2.75) is 0 Å². The highest BCUT2D eigenvalue weighted by atomic mass is 15.3. The Labute approximate surface area is 142 Å². The number of hydrogen-bond acceptors (Lipinski definition) is 4. The van der Waals surface area contributed by atoms with Crippen molar-refractivity contribution in [3.63, 3.8) is 0 Å². The van der Waals surface area contributed by atoms with Crippen LogP contribution in [0.2, 0.25) is 0 Å². The Bertz CT molecular complexity index is 784. The molecular formula is C19H23N5. The number of fused-ring (bicyclic) bond motifs is 1. The maximum Gasteiger partial charge on any atom is 0.138 e. The quantitative estimate of drug-likeness (QED) is 0.774. The lowest BCUT2D eigenvalue weighted by Crippen LogP contribution is -2.47. The normalized spacial score (nSPS) is 16.0. The molecule has 0 spiro atoms. The van der Waals surface area contributed by atoms with Gasteiger partial charge in [-0.25, -0.2) is 4.98 Å². The van der Waals surface area contributed by atoms with Gasteiger partial charge in [-0.2, -0.15) is 0 Å². The fraction of sp³-hybridized carbons (Fsp3) is 0.316. The van der Waals surface area contributed by atoms with Crippen molar-refractivity contribution in [1.82, 2.24) is 14.9 Å². The molecule has 4 rings (SSSR count). The maximum atomic E-state index is 5.66. The molecule has 24 heavy (non-hydrogen) atoms. The third-order valence-electron chi connectivity index (χ3n) is 4.69. The first-order valence-corrected chi connectivity index (χ1v) is 8.56.